The molecule has 3 N–H and O–H groups in total. The number of piperidine rings is 1. The second-order valence-corrected chi connectivity index (χ2v) is 13.2. The van der Waals surface area contributed by atoms with E-state index in [1.54, 1.807) is 0 Å². The Labute approximate surface area is 269 Å². The smallest absolute Gasteiger partial charge is 0.314 e. The SMILES string of the molecule is CCCCN1C(=O)[C@@H](CC2(O)CCCCC2)NC(=O)C12CCN(Cc1ccc(Oc3ccc(-c4nc(=S)o[nH]4)cc3)cc1)CC2. The van der Waals surface area contributed by atoms with Crippen LogP contribution in [0.15, 0.2) is 53.1 Å². The number of nitrogens with zero attached hydrogens (tertiary/aromatic N) is 3. The number of aliphatic hydroxyl groups is 1. The van der Waals surface area contributed by atoms with E-state index in [0.29, 0.717) is 50.2 Å². The van der Waals surface area contributed by atoms with E-state index in [-0.39, 0.29) is 16.7 Å². The molecule has 3 heterocycles. The van der Waals surface area contributed by atoms with Gasteiger partial charge in [-0.25, -0.2) is 5.16 Å². The molecule has 1 aliphatic carbocycles. The molecular weight excluding hydrogens is 590 g/mol. The summed E-state index contributed by atoms with van der Waals surface area (Å²) in [5.74, 6) is 1.94. The Kier molecular flexibility index (Phi) is 9.39. The van der Waals surface area contributed by atoms with Crippen LogP contribution in [-0.4, -0.2) is 73.7 Å². The molecule has 10 nitrogen and oxygen atoms in total. The van der Waals surface area contributed by atoms with Crippen LogP contribution in [0.5, 0.6) is 11.5 Å². The van der Waals surface area contributed by atoms with E-state index in [1.807, 2.05) is 41.3 Å². The van der Waals surface area contributed by atoms with Crippen molar-refractivity contribution >= 4 is 24.0 Å². The molecule has 2 aliphatic heterocycles. The van der Waals surface area contributed by atoms with Crippen molar-refractivity contribution < 1.29 is 24.0 Å². The summed E-state index contributed by atoms with van der Waals surface area (Å²) in [6.45, 7) is 4.88. The first-order valence-corrected chi connectivity index (χ1v) is 16.7. The highest BCUT2D eigenvalue weighted by Crippen LogP contribution is 2.38. The van der Waals surface area contributed by atoms with Gasteiger partial charge in [0.05, 0.1) is 5.60 Å². The fourth-order valence-electron chi connectivity index (χ4n) is 7.12. The molecule has 2 aromatic carbocycles. The largest absolute Gasteiger partial charge is 0.457 e. The Bertz CT molecular complexity index is 1520. The number of ether oxygens (including phenoxy) is 1. The average molecular weight is 634 g/mol. The lowest BCUT2D eigenvalue weighted by molar-refractivity contribution is -0.163. The van der Waals surface area contributed by atoms with Gasteiger partial charge in [-0.3, -0.25) is 14.5 Å². The van der Waals surface area contributed by atoms with Crippen LogP contribution in [0.3, 0.4) is 0 Å². The summed E-state index contributed by atoms with van der Waals surface area (Å²) >= 11 is 4.92. The summed E-state index contributed by atoms with van der Waals surface area (Å²) < 4.78 is 11.0. The van der Waals surface area contributed by atoms with Crippen LogP contribution < -0.4 is 10.1 Å². The second kappa shape index (κ2) is 13.4. The molecule has 0 bridgehead atoms. The average Bonchev–Trinajstić information content (AvgIpc) is 3.48. The number of piperazine rings is 1. The van der Waals surface area contributed by atoms with E-state index in [1.165, 1.54) is 0 Å². The van der Waals surface area contributed by atoms with E-state index in [0.717, 1.165) is 68.6 Å². The molecule has 3 fully saturated rings. The molecule has 1 aromatic heterocycles. The highest BCUT2D eigenvalue weighted by Gasteiger charge is 2.54. The van der Waals surface area contributed by atoms with Gasteiger partial charge in [0.15, 0.2) is 5.82 Å². The third kappa shape index (κ3) is 7.00. The quantitative estimate of drug-likeness (QED) is 0.242. The van der Waals surface area contributed by atoms with Crippen molar-refractivity contribution in [2.75, 3.05) is 19.6 Å². The minimum absolute atomic E-state index is 0.0252. The van der Waals surface area contributed by atoms with E-state index < -0.39 is 17.2 Å². The summed E-state index contributed by atoms with van der Waals surface area (Å²) in [6, 6.07) is 14.9. The van der Waals surface area contributed by atoms with Crippen LogP contribution in [0.1, 0.15) is 76.7 Å². The highest BCUT2D eigenvalue weighted by molar-refractivity contribution is 7.71. The van der Waals surface area contributed by atoms with Crippen molar-refractivity contribution in [3.05, 3.63) is 58.9 Å². The van der Waals surface area contributed by atoms with Gasteiger partial charge in [-0.1, -0.05) is 44.7 Å². The third-order valence-corrected chi connectivity index (χ3v) is 9.90. The Morgan fingerprint density at radius 3 is 2.29 bits per heavy atom. The molecule has 45 heavy (non-hydrogen) atoms. The lowest BCUT2D eigenvalue weighted by Crippen LogP contribution is -2.73. The number of nitrogens with one attached hydrogen (secondary N) is 2. The maximum absolute atomic E-state index is 13.8. The van der Waals surface area contributed by atoms with Crippen LogP contribution in [0, 0.1) is 4.84 Å². The number of hydrogen-bond donors (Lipinski definition) is 3. The summed E-state index contributed by atoms with van der Waals surface area (Å²) in [6.07, 6.45) is 7.76. The maximum atomic E-state index is 13.8. The van der Waals surface area contributed by atoms with Crippen molar-refractivity contribution in [1.82, 2.24) is 25.3 Å². The molecule has 1 atom stereocenters. The highest BCUT2D eigenvalue weighted by atomic mass is 32.1. The molecule has 1 spiro atoms. The first-order chi connectivity index (χ1) is 21.8. The summed E-state index contributed by atoms with van der Waals surface area (Å²) in [5, 5.41) is 16.9. The predicted molar refractivity (Wildman–Crippen MR) is 172 cm³/mol. The van der Waals surface area contributed by atoms with Crippen LogP contribution >= 0.6 is 12.2 Å². The Hall–Kier alpha value is -3.54. The number of likely N-dealkylation sites (tertiary alicyclic amines) is 1. The van der Waals surface area contributed by atoms with E-state index in [9.17, 15) is 14.7 Å². The molecule has 3 aromatic rings. The molecule has 0 unspecified atom stereocenters. The molecule has 0 radical (unpaired) electrons. The number of rotatable bonds is 10. The van der Waals surface area contributed by atoms with Crippen LogP contribution in [0.25, 0.3) is 11.4 Å². The number of aromatic amines is 1. The predicted octanol–water partition coefficient (Wildman–Crippen LogP) is 5.74. The number of H-pyrrole nitrogens is 1. The Balaban J connectivity index is 1.05. The number of unbranched alkanes of at least 4 members (excludes halogenated alkanes) is 1. The van der Waals surface area contributed by atoms with Crippen molar-refractivity contribution in [1.29, 1.82) is 0 Å². The van der Waals surface area contributed by atoms with Crippen molar-refractivity contribution in [3.63, 3.8) is 0 Å². The van der Waals surface area contributed by atoms with Gasteiger partial charge in [0.1, 0.15) is 23.1 Å². The standard InChI is InChI=1S/C34H43N5O5S/c1-2-3-19-39-30(40)28(22-33(42)15-5-4-6-16-33)35-31(41)34(39)17-20-38(21-18-34)23-24-7-11-26(12-8-24)43-27-13-9-25(10-14-27)29-36-32(45)44-37-29/h7-14,28,42H,2-6,15-23H2,1H3,(H,35,41)(H,36,37,45)/t28-/m1/s1. The number of carbonyl (C=O) groups excluding carboxylic acids is 2. The number of carbonyl (C=O) groups is 2. The Morgan fingerprint density at radius 2 is 1.67 bits per heavy atom. The van der Waals surface area contributed by atoms with Crippen molar-refractivity contribution in [3.8, 4) is 22.9 Å². The Morgan fingerprint density at radius 1 is 1.00 bits per heavy atom. The summed E-state index contributed by atoms with van der Waals surface area (Å²) in [4.78, 5) is 36.1. The lowest BCUT2D eigenvalue weighted by Gasteiger charge is -2.52. The van der Waals surface area contributed by atoms with Crippen LogP contribution in [-0.2, 0) is 16.1 Å². The van der Waals surface area contributed by atoms with Gasteiger partial charge in [-0.05, 0) is 86.3 Å². The first kappa shape index (κ1) is 31.4. The topological polar surface area (TPSA) is 124 Å². The van der Waals surface area contributed by atoms with Crippen molar-refractivity contribution in [2.45, 2.75) is 94.9 Å². The number of hydrogen-bond acceptors (Lipinski definition) is 8. The second-order valence-electron chi connectivity index (χ2n) is 12.9. The molecular formula is C34H43N5O5S. The minimum atomic E-state index is -0.866. The van der Waals surface area contributed by atoms with E-state index in [2.05, 4.69) is 39.4 Å². The molecule has 1 saturated carbocycles. The monoisotopic (exact) mass is 633 g/mol. The molecule has 2 amide bonds. The fraction of sp³-hybridized carbons (Fsp3) is 0.529. The van der Waals surface area contributed by atoms with E-state index >= 15 is 0 Å². The van der Waals surface area contributed by atoms with Gasteiger partial charge in [0, 0.05) is 38.2 Å². The van der Waals surface area contributed by atoms with Gasteiger partial charge in [-0.2, -0.15) is 4.98 Å². The van der Waals surface area contributed by atoms with Gasteiger partial charge >= 0.3 is 4.84 Å². The maximum Gasteiger partial charge on any atom is 0.314 e. The summed E-state index contributed by atoms with van der Waals surface area (Å²) in [5.41, 5.74) is 0.320. The van der Waals surface area contributed by atoms with Crippen LogP contribution in [0.4, 0.5) is 0 Å². The zero-order valence-corrected chi connectivity index (χ0v) is 26.7. The first-order valence-electron chi connectivity index (χ1n) is 16.3. The zero-order chi connectivity index (χ0) is 31.4. The van der Waals surface area contributed by atoms with Crippen LogP contribution in [0.2, 0.25) is 0 Å². The van der Waals surface area contributed by atoms with E-state index in [4.69, 9.17) is 21.5 Å². The normalized spacial score (nSPS) is 21.6. The van der Waals surface area contributed by atoms with Gasteiger partial charge in [0.25, 0.3) is 0 Å². The fourth-order valence-corrected chi connectivity index (χ4v) is 7.25. The van der Waals surface area contributed by atoms with Gasteiger partial charge in [0.2, 0.25) is 11.8 Å². The third-order valence-electron chi connectivity index (χ3n) is 9.73. The number of benzene rings is 2. The molecule has 6 rings (SSSR count). The summed E-state index contributed by atoms with van der Waals surface area (Å²) in [7, 11) is 0. The van der Waals surface area contributed by atoms with Gasteiger partial charge < -0.3 is 24.6 Å². The van der Waals surface area contributed by atoms with Crippen molar-refractivity contribution in [2.24, 2.45) is 0 Å². The lowest BCUT2D eigenvalue weighted by atomic mass is 9.77. The number of aromatic nitrogens is 2. The number of amides is 2. The molecule has 2 saturated heterocycles. The minimum Gasteiger partial charge on any atom is -0.457 e. The molecule has 11 heteroatoms. The molecule has 240 valence electrons. The molecule has 3 aliphatic rings. The van der Waals surface area contributed by atoms with Gasteiger partial charge in [-0.15, -0.1) is 0 Å². The zero-order valence-electron chi connectivity index (χ0n) is 25.9.